The fourth-order valence-corrected chi connectivity index (χ4v) is 4.92. The predicted octanol–water partition coefficient (Wildman–Crippen LogP) is 1.54. The Hall–Kier alpha value is -1.48. The number of rotatable bonds is 6. The molecule has 2 aromatic rings. The van der Waals surface area contributed by atoms with E-state index < -0.39 is 10.0 Å². The lowest BCUT2D eigenvalue weighted by Gasteiger charge is -2.36. The number of nitrogens with one attached hydrogen (secondary N) is 1. The predicted molar refractivity (Wildman–Crippen MR) is 96.9 cm³/mol. The van der Waals surface area contributed by atoms with Gasteiger partial charge in [0.25, 0.3) is 0 Å². The quantitative estimate of drug-likeness (QED) is 0.839. The zero-order valence-electron chi connectivity index (χ0n) is 15.0. The topological polar surface area (TPSA) is 78.5 Å². The molecule has 1 fully saturated rings. The molecule has 0 amide bonds. The fraction of sp³-hybridized carbons (Fsp3) is 0.588. The summed E-state index contributed by atoms with van der Waals surface area (Å²) < 4.78 is 32.9. The minimum absolute atomic E-state index is 0.163. The van der Waals surface area contributed by atoms with E-state index >= 15 is 0 Å². The molecule has 2 aromatic heterocycles. The number of aromatic nitrogens is 2. The highest BCUT2D eigenvalue weighted by Crippen LogP contribution is 2.27. The Labute approximate surface area is 149 Å². The molecule has 0 unspecified atom stereocenters. The lowest BCUT2D eigenvalue weighted by Crippen LogP contribution is -2.46. The summed E-state index contributed by atoms with van der Waals surface area (Å²) in [7, 11) is -1.93. The molecule has 0 bridgehead atoms. The molecule has 0 spiro atoms. The molecule has 7 nitrogen and oxygen atoms in total. The number of morpholine rings is 1. The minimum atomic E-state index is -3.58. The lowest BCUT2D eigenvalue weighted by atomic mass is 9.92. The van der Waals surface area contributed by atoms with E-state index in [0.717, 1.165) is 32.8 Å². The number of sulfonamides is 1. The van der Waals surface area contributed by atoms with Crippen molar-refractivity contribution in [3.05, 3.63) is 24.5 Å². The molecule has 1 saturated heterocycles. The molecule has 0 radical (unpaired) electrons. The van der Waals surface area contributed by atoms with Crippen LogP contribution in [-0.2, 0) is 14.8 Å². The zero-order valence-corrected chi connectivity index (χ0v) is 15.8. The molecule has 25 heavy (non-hydrogen) atoms. The first-order valence-corrected chi connectivity index (χ1v) is 9.92. The second-order valence-electron chi connectivity index (χ2n) is 7.37. The molecular formula is C17H26N4O3S. The monoisotopic (exact) mass is 366 g/mol. The number of nitrogens with zero attached hydrogens (tertiary/aromatic N) is 3. The first-order chi connectivity index (χ1) is 11.8. The first kappa shape index (κ1) is 18.3. The largest absolute Gasteiger partial charge is 0.379 e. The number of pyridine rings is 1. The van der Waals surface area contributed by atoms with Crippen LogP contribution < -0.4 is 0 Å². The van der Waals surface area contributed by atoms with Crippen LogP contribution in [0, 0.1) is 5.41 Å². The molecule has 0 aliphatic carbocycles. The lowest BCUT2D eigenvalue weighted by molar-refractivity contribution is 0.0193. The maximum absolute atomic E-state index is 13.0. The van der Waals surface area contributed by atoms with Gasteiger partial charge in [0, 0.05) is 51.0 Å². The third-order valence-electron chi connectivity index (χ3n) is 4.51. The second-order valence-corrected chi connectivity index (χ2v) is 9.38. The van der Waals surface area contributed by atoms with Crippen molar-refractivity contribution >= 4 is 21.1 Å². The summed E-state index contributed by atoms with van der Waals surface area (Å²) in [6.07, 6.45) is 3.17. The molecular weight excluding hydrogens is 340 g/mol. The van der Waals surface area contributed by atoms with Gasteiger partial charge in [-0.3, -0.25) is 4.90 Å². The molecule has 1 aliphatic heterocycles. The van der Waals surface area contributed by atoms with E-state index in [1.807, 2.05) is 0 Å². The van der Waals surface area contributed by atoms with Crippen LogP contribution in [0.15, 0.2) is 29.4 Å². The van der Waals surface area contributed by atoms with E-state index in [-0.39, 0.29) is 10.3 Å². The van der Waals surface area contributed by atoms with Crippen molar-refractivity contribution in [2.45, 2.75) is 18.7 Å². The number of ether oxygens (including phenoxy) is 1. The van der Waals surface area contributed by atoms with E-state index in [1.54, 1.807) is 25.4 Å². The number of fused-ring (bicyclic) bond motifs is 1. The normalized spacial score (nSPS) is 17.4. The summed E-state index contributed by atoms with van der Waals surface area (Å²) in [5.74, 6) is 0. The third-order valence-corrected chi connectivity index (χ3v) is 6.35. The van der Waals surface area contributed by atoms with Gasteiger partial charge in [0.05, 0.1) is 13.2 Å². The van der Waals surface area contributed by atoms with E-state index in [2.05, 4.69) is 28.7 Å². The molecule has 138 valence electrons. The van der Waals surface area contributed by atoms with Crippen molar-refractivity contribution in [2.24, 2.45) is 5.41 Å². The van der Waals surface area contributed by atoms with Crippen molar-refractivity contribution < 1.29 is 13.2 Å². The molecule has 1 N–H and O–H groups in total. The average Bonchev–Trinajstić information content (AvgIpc) is 2.99. The smallest absolute Gasteiger partial charge is 0.245 e. The second kappa shape index (κ2) is 7.03. The maximum atomic E-state index is 13.0. The van der Waals surface area contributed by atoms with Crippen LogP contribution in [-0.4, -0.2) is 74.0 Å². The Morgan fingerprint density at radius 3 is 2.80 bits per heavy atom. The molecule has 0 aromatic carbocycles. The van der Waals surface area contributed by atoms with Gasteiger partial charge >= 0.3 is 0 Å². The Balaban J connectivity index is 1.75. The van der Waals surface area contributed by atoms with E-state index in [9.17, 15) is 8.42 Å². The molecule has 8 heteroatoms. The van der Waals surface area contributed by atoms with Gasteiger partial charge in [-0.2, -0.15) is 0 Å². The summed E-state index contributed by atoms with van der Waals surface area (Å²) in [5, 5.41) is 0.625. The van der Waals surface area contributed by atoms with Gasteiger partial charge in [0.2, 0.25) is 10.0 Å². The summed E-state index contributed by atoms with van der Waals surface area (Å²) in [6.45, 7) is 8.77. The van der Waals surface area contributed by atoms with Crippen molar-refractivity contribution in [3.8, 4) is 0 Å². The summed E-state index contributed by atoms with van der Waals surface area (Å²) in [4.78, 5) is 9.72. The van der Waals surface area contributed by atoms with Gasteiger partial charge in [-0.1, -0.05) is 13.8 Å². The van der Waals surface area contributed by atoms with E-state index in [1.165, 1.54) is 10.5 Å². The highest BCUT2D eigenvalue weighted by molar-refractivity contribution is 7.89. The van der Waals surface area contributed by atoms with Crippen molar-refractivity contribution in [2.75, 3.05) is 46.4 Å². The van der Waals surface area contributed by atoms with Crippen LogP contribution in [0.2, 0.25) is 0 Å². The summed E-state index contributed by atoms with van der Waals surface area (Å²) in [5.41, 5.74) is 0.422. The Morgan fingerprint density at radius 2 is 2.08 bits per heavy atom. The molecule has 0 saturated carbocycles. The summed E-state index contributed by atoms with van der Waals surface area (Å²) >= 11 is 0. The molecule has 3 heterocycles. The third kappa shape index (κ3) is 4.03. The Bertz CT molecular complexity index is 825. The van der Waals surface area contributed by atoms with E-state index in [0.29, 0.717) is 17.6 Å². The van der Waals surface area contributed by atoms with Crippen LogP contribution in [0.3, 0.4) is 0 Å². The number of aromatic amines is 1. The molecule has 3 rings (SSSR count). The van der Waals surface area contributed by atoms with Gasteiger partial charge in [-0.15, -0.1) is 0 Å². The Kier molecular flexibility index (Phi) is 5.15. The minimum Gasteiger partial charge on any atom is -0.379 e. The Morgan fingerprint density at radius 1 is 1.36 bits per heavy atom. The van der Waals surface area contributed by atoms with E-state index in [4.69, 9.17) is 4.74 Å². The van der Waals surface area contributed by atoms with Crippen molar-refractivity contribution in [1.29, 1.82) is 0 Å². The standard InChI is InChI=1S/C17H26N4O3S/c1-17(2,13-21-7-9-24-10-8-21)12-20(3)25(22,23)15-11-19-16-14(15)5-4-6-18-16/h4-6,11H,7-10,12-13H2,1-3H3,(H,18,19). The van der Waals surface area contributed by atoms with Crippen LogP contribution >= 0.6 is 0 Å². The van der Waals surface area contributed by atoms with Crippen LogP contribution in [0.5, 0.6) is 0 Å². The number of hydrogen-bond acceptors (Lipinski definition) is 5. The summed E-state index contributed by atoms with van der Waals surface area (Å²) in [6, 6.07) is 3.52. The fourth-order valence-electron chi connectivity index (χ4n) is 3.41. The molecule has 0 atom stereocenters. The number of H-pyrrole nitrogens is 1. The van der Waals surface area contributed by atoms with Gasteiger partial charge < -0.3 is 9.72 Å². The van der Waals surface area contributed by atoms with Gasteiger partial charge in [0.15, 0.2) is 0 Å². The van der Waals surface area contributed by atoms with Crippen LogP contribution in [0.4, 0.5) is 0 Å². The average molecular weight is 366 g/mol. The van der Waals surface area contributed by atoms with Gasteiger partial charge in [-0.05, 0) is 17.5 Å². The zero-order chi connectivity index (χ0) is 18.1. The highest BCUT2D eigenvalue weighted by Gasteiger charge is 2.31. The van der Waals surface area contributed by atoms with Gasteiger partial charge in [-0.25, -0.2) is 17.7 Å². The first-order valence-electron chi connectivity index (χ1n) is 8.48. The van der Waals surface area contributed by atoms with Crippen molar-refractivity contribution in [3.63, 3.8) is 0 Å². The van der Waals surface area contributed by atoms with Crippen LogP contribution in [0.25, 0.3) is 11.0 Å². The van der Waals surface area contributed by atoms with Gasteiger partial charge in [0.1, 0.15) is 10.5 Å². The van der Waals surface area contributed by atoms with Crippen molar-refractivity contribution in [1.82, 2.24) is 19.2 Å². The molecule has 1 aliphatic rings. The maximum Gasteiger partial charge on any atom is 0.245 e. The SMILES string of the molecule is CN(CC(C)(C)CN1CCOCC1)S(=O)(=O)c1c[nH]c2ncccc12. The highest BCUT2D eigenvalue weighted by atomic mass is 32.2. The number of hydrogen-bond donors (Lipinski definition) is 1. The van der Waals surface area contributed by atoms with Crippen LogP contribution in [0.1, 0.15) is 13.8 Å².